The van der Waals surface area contributed by atoms with Crippen molar-refractivity contribution in [3.8, 4) is 0 Å². The van der Waals surface area contributed by atoms with Crippen LogP contribution >= 0.6 is 15.0 Å². The van der Waals surface area contributed by atoms with Crippen molar-refractivity contribution in [3.05, 3.63) is 11.6 Å². The highest BCUT2D eigenvalue weighted by Gasteiger charge is 2.33. The van der Waals surface area contributed by atoms with E-state index in [4.69, 9.17) is 15.3 Å². The fraction of sp³-hybridized carbons (Fsp3) is 0.571. The van der Waals surface area contributed by atoms with Crippen LogP contribution in [0.15, 0.2) is 11.6 Å². The zero-order valence-electron chi connectivity index (χ0n) is 9.44. The summed E-state index contributed by atoms with van der Waals surface area (Å²) in [6, 6.07) is 0. The Balaban J connectivity index is 4.34. The lowest BCUT2D eigenvalue weighted by atomic mass is 10.1. The first-order valence-corrected chi connectivity index (χ1v) is 8.43. The molecule has 11 heteroatoms. The second kappa shape index (κ2) is 8.55. The van der Waals surface area contributed by atoms with Crippen LogP contribution in [0.4, 0.5) is 0 Å². The number of carboxylic acids is 1. The molecule has 106 valence electrons. The summed E-state index contributed by atoms with van der Waals surface area (Å²) in [6.07, 6.45) is 1.39. The van der Waals surface area contributed by atoms with Crippen LogP contribution < -0.4 is 0 Å². The van der Waals surface area contributed by atoms with E-state index in [1.165, 1.54) is 6.08 Å². The second-order valence-corrected chi connectivity index (χ2v) is 7.79. The predicted molar refractivity (Wildman–Crippen MR) is 60.2 cm³/mol. The Bertz CT molecular complexity index is 377. The van der Waals surface area contributed by atoms with Gasteiger partial charge in [-0.1, -0.05) is 16.7 Å². The van der Waals surface area contributed by atoms with Crippen LogP contribution in [-0.2, 0) is 28.2 Å². The first-order valence-electron chi connectivity index (χ1n) is 4.69. The molecule has 0 bridgehead atoms. The number of allylic oxidation sites excluding steroid dienone is 1. The lowest BCUT2D eigenvalue weighted by Crippen LogP contribution is -2.01. The normalized spacial score (nSPS) is 17.2. The highest BCUT2D eigenvalue weighted by Crippen LogP contribution is 2.68. The van der Waals surface area contributed by atoms with Crippen LogP contribution in [0.5, 0.6) is 0 Å². The molecule has 0 saturated carbocycles. The Kier molecular flexibility index (Phi) is 8.30. The van der Waals surface area contributed by atoms with Crippen molar-refractivity contribution in [2.75, 3.05) is 6.61 Å². The van der Waals surface area contributed by atoms with E-state index in [1.54, 1.807) is 6.92 Å². The Hall–Kier alpha value is -0.530. The Morgan fingerprint density at radius 1 is 1.50 bits per heavy atom. The van der Waals surface area contributed by atoms with E-state index >= 15 is 0 Å². The smallest absolute Gasteiger partial charge is 0.438 e. The number of aliphatic carboxylic acids is 1. The van der Waals surface area contributed by atoms with Gasteiger partial charge in [0.15, 0.2) is 0 Å². The lowest BCUT2D eigenvalue weighted by molar-refractivity contribution is -0.441. The third-order valence-corrected chi connectivity index (χ3v) is 5.11. The molecule has 9 nitrogen and oxygen atoms in total. The molecule has 0 aromatic carbocycles. The van der Waals surface area contributed by atoms with E-state index in [2.05, 4.69) is 14.2 Å². The number of carboxylic acid groups (broad SMARTS) is 1. The highest BCUT2D eigenvalue weighted by molar-refractivity contribution is 8.20. The molecule has 0 heterocycles. The van der Waals surface area contributed by atoms with E-state index in [0.717, 1.165) is 0 Å². The van der Waals surface area contributed by atoms with Gasteiger partial charge in [-0.2, -0.15) is 0 Å². The van der Waals surface area contributed by atoms with E-state index in [9.17, 15) is 13.9 Å². The van der Waals surface area contributed by atoms with Crippen LogP contribution in [0.3, 0.4) is 0 Å². The van der Waals surface area contributed by atoms with Gasteiger partial charge >= 0.3 is 21.0 Å². The molecule has 0 radical (unpaired) electrons. The van der Waals surface area contributed by atoms with Crippen molar-refractivity contribution in [2.45, 2.75) is 19.8 Å². The van der Waals surface area contributed by atoms with Crippen LogP contribution in [0.25, 0.3) is 0 Å². The predicted octanol–water partition coefficient (Wildman–Crippen LogP) is 1.81. The van der Waals surface area contributed by atoms with E-state index in [-0.39, 0.29) is 19.4 Å². The van der Waals surface area contributed by atoms with E-state index < -0.39 is 21.0 Å². The minimum Gasteiger partial charge on any atom is -0.481 e. The number of carbonyl (C=O) groups is 1. The first kappa shape index (κ1) is 17.5. The maximum absolute atomic E-state index is 11.4. The molecule has 2 unspecified atom stereocenters. The molecule has 0 aliphatic heterocycles. The van der Waals surface area contributed by atoms with Crippen molar-refractivity contribution in [3.63, 3.8) is 0 Å². The second-order valence-electron chi connectivity index (χ2n) is 3.03. The van der Waals surface area contributed by atoms with Gasteiger partial charge < -0.3 is 14.5 Å². The number of rotatable bonds is 9. The maximum Gasteiger partial charge on any atom is 0.438 e. The largest absolute Gasteiger partial charge is 0.481 e. The topological polar surface area (TPSA) is 140 Å². The summed E-state index contributed by atoms with van der Waals surface area (Å²) >= 11 is 0. The van der Waals surface area contributed by atoms with Crippen LogP contribution in [0.1, 0.15) is 19.8 Å². The molecule has 0 fully saturated rings. The molecule has 0 aliphatic rings. The van der Waals surface area contributed by atoms with Crippen molar-refractivity contribution >= 4 is 21.0 Å². The van der Waals surface area contributed by atoms with Crippen LogP contribution in [0.2, 0.25) is 0 Å². The molecule has 0 rings (SSSR count). The van der Waals surface area contributed by atoms with E-state index in [1.807, 2.05) is 0 Å². The first-order chi connectivity index (χ1) is 8.35. The molecule has 0 amide bonds. The van der Waals surface area contributed by atoms with E-state index in [0.29, 0.717) is 5.57 Å². The SMILES string of the molecule is C/C=C(/CCOP(=O)(OOO)[PH](=O)O)CC(=O)O. The highest BCUT2D eigenvalue weighted by atomic mass is 32.1. The molecule has 2 atom stereocenters. The number of hydrogen-bond donors (Lipinski definition) is 3. The Morgan fingerprint density at radius 2 is 2.11 bits per heavy atom. The van der Waals surface area contributed by atoms with Gasteiger partial charge in [-0.15, -0.1) is 4.67 Å². The molecular weight excluding hydrogens is 290 g/mol. The number of hydrogen-bond acceptors (Lipinski definition) is 7. The van der Waals surface area contributed by atoms with Gasteiger partial charge in [0.05, 0.1) is 13.0 Å². The van der Waals surface area contributed by atoms with Gasteiger partial charge in [0.25, 0.3) is 0 Å². The third kappa shape index (κ3) is 6.42. The standard InChI is InChI=1S/C7H14O9P2/c1-2-6(5-7(8)9)3-4-14-18(13,16-15-10)17(11)12/h2,10,17H,3-5H2,1H3,(H,8,9)(H,11,12)/b6-2-. The molecule has 18 heavy (non-hydrogen) atoms. The van der Waals surface area contributed by atoms with Gasteiger partial charge in [0.1, 0.15) is 0 Å². The Labute approximate surface area is 103 Å². The molecule has 0 aromatic heterocycles. The fourth-order valence-electron chi connectivity index (χ4n) is 0.978. The summed E-state index contributed by atoms with van der Waals surface area (Å²) in [4.78, 5) is 19.1. The summed E-state index contributed by atoms with van der Waals surface area (Å²) in [6.45, 7) is 1.30. The molecule has 0 saturated heterocycles. The van der Waals surface area contributed by atoms with Gasteiger partial charge in [-0.05, 0) is 13.3 Å². The monoisotopic (exact) mass is 304 g/mol. The molecule has 0 spiro atoms. The lowest BCUT2D eigenvalue weighted by Gasteiger charge is -2.12. The Morgan fingerprint density at radius 3 is 2.50 bits per heavy atom. The third-order valence-electron chi connectivity index (χ3n) is 1.84. The average Bonchev–Trinajstić information content (AvgIpc) is 2.27. The van der Waals surface area contributed by atoms with Crippen molar-refractivity contribution in [1.29, 1.82) is 0 Å². The summed E-state index contributed by atoms with van der Waals surface area (Å²) < 4.78 is 30.4. The summed E-state index contributed by atoms with van der Waals surface area (Å²) in [5, 5.41) is 19.6. The molecule has 0 aromatic rings. The summed E-state index contributed by atoms with van der Waals surface area (Å²) in [5.41, 5.74) is 0.483. The molecular formula is C7H14O9P2. The van der Waals surface area contributed by atoms with Gasteiger partial charge in [0.2, 0.25) is 0 Å². The van der Waals surface area contributed by atoms with Crippen LogP contribution in [0, 0.1) is 0 Å². The quantitative estimate of drug-likeness (QED) is 0.252. The molecule has 0 aliphatic carbocycles. The van der Waals surface area contributed by atoms with Gasteiger partial charge in [-0.3, -0.25) is 9.36 Å². The van der Waals surface area contributed by atoms with Crippen molar-refractivity contribution < 1.29 is 43.4 Å². The summed E-state index contributed by atoms with van der Waals surface area (Å²) in [5.74, 6) is -1.04. The minimum atomic E-state index is -4.44. The van der Waals surface area contributed by atoms with Crippen molar-refractivity contribution in [1.82, 2.24) is 0 Å². The fourth-order valence-corrected chi connectivity index (χ4v) is 2.51. The van der Waals surface area contributed by atoms with Crippen molar-refractivity contribution in [2.24, 2.45) is 0 Å². The van der Waals surface area contributed by atoms with Crippen LogP contribution in [-0.4, -0.2) is 27.8 Å². The van der Waals surface area contributed by atoms with Gasteiger partial charge in [0, 0.05) is 0 Å². The minimum absolute atomic E-state index is 0.0801. The average molecular weight is 304 g/mol. The maximum atomic E-state index is 11.4. The zero-order chi connectivity index (χ0) is 14.2. The van der Waals surface area contributed by atoms with Gasteiger partial charge in [-0.25, -0.2) is 9.82 Å². The molecule has 3 N–H and O–H groups in total. The zero-order valence-corrected chi connectivity index (χ0v) is 11.3. The summed E-state index contributed by atoms with van der Waals surface area (Å²) in [7, 11) is -8.16.